The third-order valence-electron chi connectivity index (χ3n) is 4.54. The van der Waals surface area contributed by atoms with Crippen LogP contribution in [0.15, 0.2) is 48.5 Å². The van der Waals surface area contributed by atoms with Crippen LogP contribution in [0.5, 0.6) is 0 Å². The first-order valence-corrected chi connectivity index (χ1v) is 12.3. The standard InChI is InChI=1S/C20H27BrSi/c1-16-7-9-18(10-8-16)6-5-15-22(3,4)20-13-11-19(12-14-20)17(2)21/h7-14,17H,5-6,15H2,1-4H3. The van der Waals surface area contributed by atoms with Crippen LogP contribution >= 0.6 is 15.9 Å². The molecule has 0 heterocycles. The van der Waals surface area contributed by atoms with Crippen LogP contribution in [0.2, 0.25) is 19.1 Å². The third kappa shape index (κ3) is 4.82. The summed E-state index contributed by atoms with van der Waals surface area (Å²) in [6.07, 6.45) is 2.49. The van der Waals surface area contributed by atoms with Crippen LogP contribution < -0.4 is 5.19 Å². The summed E-state index contributed by atoms with van der Waals surface area (Å²) >= 11 is 3.64. The molecular formula is C20H27BrSi. The van der Waals surface area contributed by atoms with Gasteiger partial charge in [-0.1, -0.05) is 101 Å². The predicted molar refractivity (Wildman–Crippen MR) is 105 cm³/mol. The lowest BCUT2D eigenvalue weighted by molar-refractivity contribution is 0.903. The van der Waals surface area contributed by atoms with E-state index in [4.69, 9.17) is 0 Å². The molecule has 0 nitrogen and oxygen atoms in total. The van der Waals surface area contributed by atoms with E-state index >= 15 is 0 Å². The number of alkyl halides is 1. The first-order chi connectivity index (χ1) is 10.4. The average molecular weight is 375 g/mol. The zero-order valence-corrected chi connectivity index (χ0v) is 16.8. The number of hydrogen-bond acceptors (Lipinski definition) is 0. The molecule has 0 bridgehead atoms. The molecule has 0 saturated heterocycles. The van der Waals surface area contributed by atoms with E-state index in [0.29, 0.717) is 4.83 Å². The normalized spacial score (nSPS) is 13.1. The van der Waals surface area contributed by atoms with Crippen LogP contribution in [0.3, 0.4) is 0 Å². The van der Waals surface area contributed by atoms with Crippen LogP contribution in [-0.4, -0.2) is 8.07 Å². The van der Waals surface area contributed by atoms with Crippen molar-refractivity contribution in [3.63, 3.8) is 0 Å². The van der Waals surface area contributed by atoms with Crippen molar-refractivity contribution in [3.05, 3.63) is 65.2 Å². The second-order valence-electron chi connectivity index (χ2n) is 6.96. The van der Waals surface area contributed by atoms with Crippen LogP contribution in [0.1, 0.15) is 34.9 Å². The molecule has 0 aliphatic carbocycles. The topological polar surface area (TPSA) is 0 Å². The molecule has 2 aromatic rings. The van der Waals surface area contributed by atoms with Crippen molar-refractivity contribution in [2.24, 2.45) is 0 Å². The number of aryl methyl sites for hydroxylation is 2. The summed E-state index contributed by atoms with van der Waals surface area (Å²) in [6.45, 7) is 9.32. The lowest BCUT2D eigenvalue weighted by Gasteiger charge is -2.23. The molecule has 118 valence electrons. The molecular weight excluding hydrogens is 348 g/mol. The van der Waals surface area contributed by atoms with Gasteiger partial charge in [-0.05, 0) is 31.4 Å². The van der Waals surface area contributed by atoms with E-state index < -0.39 is 8.07 Å². The van der Waals surface area contributed by atoms with Gasteiger partial charge in [-0.25, -0.2) is 0 Å². The van der Waals surface area contributed by atoms with Crippen LogP contribution in [-0.2, 0) is 6.42 Å². The minimum absolute atomic E-state index is 0.438. The van der Waals surface area contributed by atoms with E-state index in [0.717, 1.165) is 0 Å². The molecule has 0 spiro atoms. The summed E-state index contributed by atoms with van der Waals surface area (Å²) in [6, 6.07) is 19.6. The van der Waals surface area contributed by atoms with Crippen molar-refractivity contribution < 1.29 is 0 Å². The fourth-order valence-electron chi connectivity index (χ4n) is 2.83. The van der Waals surface area contributed by atoms with E-state index in [-0.39, 0.29) is 0 Å². The maximum Gasteiger partial charge on any atom is 0.0806 e. The van der Waals surface area contributed by atoms with Gasteiger partial charge >= 0.3 is 0 Å². The average Bonchev–Trinajstić information content (AvgIpc) is 2.49. The molecule has 22 heavy (non-hydrogen) atoms. The van der Waals surface area contributed by atoms with Crippen LogP contribution in [0.4, 0.5) is 0 Å². The van der Waals surface area contributed by atoms with E-state index in [1.807, 2.05) is 0 Å². The molecule has 0 N–H and O–H groups in total. The van der Waals surface area contributed by atoms with Crippen molar-refractivity contribution in [2.45, 2.75) is 50.7 Å². The van der Waals surface area contributed by atoms with E-state index in [1.54, 1.807) is 5.19 Å². The number of hydrogen-bond donors (Lipinski definition) is 0. The SMILES string of the molecule is Cc1ccc(CCC[Si](C)(C)c2ccc(C(C)Br)cc2)cc1. The molecule has 2 heteroatoms. The van der Waals surface area contributed by atoms with Gasteiger partial charge in [-0.15, -0.1) is 0 Å². The van der Waals surface area contributed by atoms with E-state index in [2.05, 4.69) is 91.4 Å². The van der Waals surface area contributed by atoms with Crippen molar-refractivity contribution in [1.82, 2.24) is 0 Å². The molecule has 2 aromatic carbocycles. The summed E-state index contributed by atoms with van der Waals surface area (Å²) in [5.74, 6) is 0. The minimum Gasteiger partial charge on any atom is -0.0842 e. The zero-order valence-electron chi connectivity index (χ0n) is 14.2. The Labute approximate surface area is 145 Å². The van der Waals surface area contributed by atoms with Gasteiger partial charge in [0.25, 0.3) is 0 Å². The molecule has 0 aromatic heterocycles. The fraction of sp³-hybridized carbons (Fsp3) is 0.400. The lowest BCUT2D eigenvalue weighted by atomic mass is 10.1. The Kier molecular flexibility index (Phi) is 6.05. The molecule has 0 aliphatic heterocycles. The van der Waals surface area contributed by atoms with Gasteiger partial charge in [0, 0.05) is 4.83 Å². The smallest absolute Gasteiger partial charge is 0.0806 e. The van der Waals surface area contributed by atoms with Crippen molar-refractivity contribution >= 4 is 29.2 Å². The van der Waals surface area contributed by atoms with Crippen molar-refractivity contribution in [1.29, 1.82) is 0 Å². The Hall–Kier alpha value is -0.863. The largest absolute Gasteiger partial charge is 0.0842 e. The molecule has 0 saturated carbocycles. The first-order valence-electron chi connectivity index (χ1n) is 8.18. The van der Waals surface area contributed by atoms with E-state index in [9.17, 15) is 0 Å². The third-order valence-corrected chi connectivity index (χ3v) is 8.57. The molecule has 0 radical (unpaired) electrons. The Morgan fingerprint density at radius 2 is 1.55 bits per heavy atom. The highest BCUT2D eigenvalue weighted by Gasteiger charge is 2.22. The van der Waals surface area contributed by atoms with Gasteiger partial charge in [-0.3, -0.25) is 0 Å². The monoisotopic (exact) mass is 374 g/mol. The summed E-state index contributed by atoms with van der Waals surface area (Å²) < 4.78 is 0. The summed E-state index contributed by atoms with van der Waals surface area (Å²) in [4.78, 5) is 0.438. The van der Waals surface area contributed by atoms with Crippen molar-refractivity contribution in [2.75, 3.05) is 0 Å². The van der Waals surface area contributed by atoms with Crippen LogP contribution in [0.25, 0.3) is 0 Å². The molecule has 0 fully saturated rings. The van der Waals surface area contributed by atoms with Gasteiger partial charge in [0.05, 0.1) is 8.07 Å². The number of benzene rings is 2. The second kappa shape index (κ2) is 7.61. The summed E-state index contributed by atoms with van der Waals surface area (Å²) in [5.41, 5.74) is 4.19. The molecule has 1 atom stereocenters. The fourth-order valence-corrected chi connectivity index (χ4v) is 5.56. The van der Waals surface area contributed by atoms with Gasteiger partial charge < -0.3 is 0 Å². The number of rotatable bonds is 6. The highest BCUT2D eigenvalue weighted by molar-refractivity contribution is 9.09. The maximum atomic E-state index is 3.64. The second-order valence-corrected chi connectivity index (χ2v) is 13.2. The predicted octanol–water partition coefficient (Wildman–Crippen LogP) is 6.00. The highest BCUT2D eigenvalue weighted by Crippen LogP contribution is 2.22. The van der Waals surface area contributed by atoms with Gasteiger partial charge in [0.15, 0.2) is 0 Å². The Morgan fingerprint density at radius 1 is 0.955 bits per heavy atom. The zero-order chi connectivity index (χ0) is 16.2. The summed E-state index contributed by atoms with van der Waals surface area (Å²) in [5, 5.41) is 1.58. The number of halogens is 1. The first kappa shape index (κ1) is 17.5. The highest BCUT2D eigenvalue weighted by atomic mass is 79.9. The maximum absolute atomic E-state index is 3.64. The Balaban J connectivity index is 1.93. The Morgan fingerprint density at radius 3 is 2.09 bits per heavy atom. The molecule has 0 aliphatic rings. The van der Waals surface area contributed by atoms with E-state index in [1.165, 1.54) is 35.6 Å². The molecule has 2 rings (SSSR count). The van der Waals surface area contributed by atoms with Crippen molar-refractivity contribution in [3.8, 4) is 0 Å². The summed E-state index contributed by atoms with van der Waals surface area (Å²) in [7, 11) is -1.32. The van der Waals surface area contributed by atoms with Gasteiger partial charge in [0.2, 0.25) is 0 Å². The van der Waals surface area contributed by atoms with Gasteiger partial charge in [-0.2, -0.15) is 0 Å². The van der Waals surface area contributed by atoms with Crippen LogP contribution in [0, 0.1) is 6.92 Å². The molecule has 1 unspecified atom stereocenters. The molecule has 0 amide bonds. The quantitative estimate of drug-likeness (QED) is 0.429. The lowest BCUT2D eigenvalue weighted by Crippen LogP contribution is -2.41. The van der Waals surface area contributed by atoms with Gasteiger partial charge in [0.1, 0.15) is 0 Å². The Bertz CT molecular complexity index is 582. The minimum atomic E-state index is -1.32.